The number of rotatable bonds is 3. The maximum Gasteiger partial charge on any atom is 0.0900 e. The first kappa shape index (κ1) is 15.7. The topological polar surface area (TPSA) is 38.7 Å². The van der Waals surface area contributed by atoms with Gasteiger partial charge in [0.05, 0.1) is 22.8 Å². The minimum Gasteiger partial charge on any atom is -0.255 e. The second kappa shape index (κ2) is 6.95. The van der Waals surface area contributed by atoms with Crippen LogP contribution in [-0.2, 0) is 0 Å². The van der Waals surface area contributed by atoms with Gasteiger partial charge in [-0.1, -0.05) is 52.3 Å². The number of aromatic nitrogens is 3. The van der Waals surface area contributed by atoms with E-state index in [1.54, 1.807) is 12.4 Å². The molecule has 0 atom stereocenters. The average molecular weight is 388 g/mol. The first-order valence-corrected chi connectivity index (χ1v) is 8.70. The van der Waals surface area contributed by atoms with Crippen LogP contribution in [0.15, 0.2) is 89.7 Å². The fraction of sp³-hybridized carbons (Fsp3) is 0. The highest BCUT2D eigenvalue weighted by Gasteiger charge is 2.10. The summed E-state index contributed by atoms with van der Waals surface area (Å²) < 4.78 is 0.976. The van der Waals surface area contributed by atoms with Gasteiger partial charge < -0.3 is 0 Å². The Morgan fingerprint density at radius 1 is 0.560 bits per heavy atom. The SMILES string of the molecule is Brc1ccnc(-c2cc(-c3ccccc3)cc(-c3ccccn3)n2)c1. The van der Waals surface area contributed by atoms with Crippen molar-refractivity contribution in [2.45, 2.75) is 0 Å². The van der Waals surface area contributed by atoms with Gasteiger partial charge in [0.2, 0.25) is 0 Å². The maximum atomic E-state index is 4.79. The molecule has 1 aromatic carbocycles. The molecular weight excluding hydrogens is 374 g/mol. The highest BCUT2D eigenvalue weighted by atomic mass is 79.9. The van der Waals surface area contributed by atoms with Gasteiger partial charge in [-0.2, -0.15) is 0 Å². The number of pyridine rings is 3. The molecule has 3 heterocycles. The predicted molar refractivity (Wildman–Crippen MR) is 104 cm³/mol. The van der Waals surface area contributed by atoms with E-state index in [0.29, 0.717) is 0 Å². The van der Waals surface area contributed by atoms with Gasteiger partial charge >= 0.3 is 0 Å². The summed E-state index contributed by atoms with van der Waals surface area (Å²) in [5.74, 6) is 0. The summed E-state index contributed by atoms with van der Waals surface area (Å²) in [7, 11) is 0. The van der Waals surface area contributed by atoms with Crippen molar-refractivity contribution in [3.8, 4) is 33.9 Å². The van der Waals surface area contributed by atoms with Crippen LogP contribution in [-0.4, -0.2) is 15.0 Å². The third-order valence-corrected chi connectivity index (χ3v) is 4.34. The summed E-state index contributed by atoms with van der Waals surface area (Å²) >= 11 is 3.51. The average Bonchev–Trinajstić information content (AvgIpc) is 2.69. The van der Waals surface area contributed by atoms with Crippen molar-refractivity contribution >= 4 is 15.9 Å². The molecule has 0 bridgehead atoms. The molecule has 0 amide bonds. The summed E-state index contributed by atoms with van der Waals surface area (Å²) in [5, 5.41) is 0. The summed E-state index contributed by atoms with van der Waals surface area (Å²) in [6, 6.07) is 24.1. The normalized spacial score (nSPS) is 10.6. The number of benzene rings is 1. The van der Waals surface area contributed by atoms with E-state index in [4.69, 9.17) is 4.98 Å². The van der Waals surface area contributed by atoms with Crippen molar-refractivity contribution in [1.29, 1.82) is 0 Å². The number of halogens is 1. The Morgan fingerprint density at radius 3 is 2.00 bits per heavy atom. The molecule has 0 radical (unpaired) electrons. The van der Waals surface area contributed by atoms with Gasteiger partial charge in [0.1, 0.15) is 0 Å². The van der Waals surface area contributed by atoms with Gasteiger partial charge in [-0.15, -0.1) is 0 Å². The Balaban J connectivity index is 1.92. The third-order valence-electron chi connectivity index (χ3n) is 3.84. The summed E-state index contributed by atoms with van der Waals surface area (Å²) in [6.45, 7) is 0. The van der Waals surface area contributed by atoms with E-state index in [2.05, 4.69) is 50.2 Å². The molecule has 3 aromatic heterocycles. The van der Waals surface area contributed by atoms with Crippen molar-refractivity contribution in [2.75, 3.05) is 0 Å². The number of nitrogens with zero attached hydrogens (tertiary/aromatic N) is 3. The predicted octanol–water partition coefficient (Wildman–Crippen LogP) is 5.64. The van der Waals surface area contributed by atoms with E-state index in [1.165, 1.54) is 0 Å². The van der Waals surface area contributed by atoms with Crippen LogP contribution < -0.4 is 0 Å². The largest absolute Gasteiger partial charge is 0.255 e. The van der Waals surface area contributed by atoms with Crippen molar-refractivity contribution in [3.63, 3.8) is 0 Å². The highest BCUT2D eigenvalue weighted by Crippen LogP contribution is 2.29. The number of hydrogen-bond acceptors (Lipinski definition) is 3. The maximum absolute atomic E-state index is 4.79. The van der Waals surface area contributed by atoms with Gasteiger partial charge in [0.25, 0.3) is 0 Å². The Morgan fingerprint density at radius 2 is 1.28 bits per heavy atom. The van der Waals surface area contributed by atoms with Crippen LogP contribution in [0.5, 0.6) is 0 Å². The molecule has 3 nitrogen and oxygen atoms in total. The molecule has 0 unspecified atom stereocenters. The van der Waals surface area contributed by atoms with Crippen LogP contribution in [0.2, 0.25) is 0 Å². The molecule has 4 heteroatoms. The zero-order chi connectivity index (χ0) is 17.1. The van der Waals surface area contributed by atoms with Crippen LogP contribution in [0, 0.1) is 0 Å². The molecule has 25 heavy (non-hydrogen) atoms. The lowest BCUT2D eigenvalue weighted by Crippen LogP contribution is -1.94. The van der Waals surface area contributed by atoms with Crippen molar-refractivity contribution in [3.05, 3.63) is 89.7 Å². The monoisotopic (exact) mass is 387 g/mol. The highest BCUT2D eigenvalue weighted by molar-refractivity contribution is 9.10. The van der Waals surface area contributed by atoms with Crippen LogP contribution >= 0.6 is 15.9 Å². The molecule has 120 valence electrons. The molecule has 0 aliphatic rings. The lowest BCUT2D eigenvalue weighted by molar-refractivity contribution is 1.22. The van der Waals surface area contributed by atoms with E-state index in [9.17, 15) is 0 Å². The molecule has 0 fully saturated rings. The Hall–Kier alpha value is -2.85. The minimum absolute atomic E-state index is 0.823. The number of hydrogen-bond donors (Lipinski definition) is 0. The van der Waals surface area contributed by atoms with E-state index in [1.807, 2.05) is 48.5 Å². The summed E-state index contributed by atoms with van der Waals surface area (Å²) in [6.07, 6.45) is 3.56. The third kappa shape index (κ3) is 3.49. The molecule has 0 saturated heterocycles. The van der Waals surface area contributed by atoms with E-state index >= 15 is 0 Å². The van der Waals surface area contributed by atoms with Crippen molar-refractivity contribution < 1.29 is 0 Å². The molecule has 0 aliphatic carbocycles. The molecule has 0 aliphatic heterocycles. The quantitative estimate of drug-likeness (QED) is 0.456. The van der Waals surface area contributed by atoms with Crippen LogP contribution in [0.1, 0.15) is 0 Å². The van der Waals surface area contributed by atoms with Crippen molar-refractivity contribution in [1.82, 2.24) is 15.0 Å². The van der Waals surface area contributed by atoms with E-state index in [0.717, 1.165) is 38.4 Å². The van der Waals surface area contributed by atoms with Crippen LogP contribution in [0.4, 0.5) is 0 Å². The molecule has 0 saturated carbocycles. The second-order valence-electron chi connectivity index (χ2n) is 5.57. The fourth-order valence-corrected chi connectivity index (χ4v) is 2.98. The zero-order valence-corrected chi connectivity index (χ0v) is 14.9. The Kier molecular flexibility index (Phi) is 4.36. The van der Waals surface area contributed by atoms with Crippen LogP contribution in [0.25, 0.3) is 33.9 Å². The van der Waals surface area contributed by atoms with Crippen LogP contribution in [0.3, 0.4) is 0 Å². The first-order valence-electron chi connectivity index (χ1n) is 7.90. The Bertz CT molecular complexity index is 944. The lowest BCUT2D eigenvalue weighted by atomic mass is 10.0. The molecule has 0 N–H and O–H groups in total. The molecular formula is C21H14BrN3. The molecule has 4 aromatic rings. The van der Waals surface area contributed by atoms with Gasteiger partial charge in [0, 0.05) is 16.9 Å². The van der Waals surface area contributed by atoms with E-state index < -0.39 is 0 Å². The van der Waals surface area contributed by atoms with Crippen molar-refractivity contribution in [2.24, 2.45) is 0 Å². The lowest BCUT2D eigenvalue weighted by Gasteiger charge is -2.09. The summed E-state index contributed by atoms with van der Waals surface area (Å²) in [5.41, 5.74) is 5.55. The zero-order valence-electron chi connectivity index (χ0n) is 13.3. The van der Waals surface area contributed by atoms with Gasteiger partial charge in [-0.25, -0.2) is 4.98 Å². The second-order valence-corrected chi connectivity index (χ2v) is 6.48. The van der Waals surface area contributed by atoms with Gasteiger partial charge in [0.15, 0.2) is 0 Å². The van der Waals surface area contributed by atoms with E-state index in [-0.39, 0.29) is 0 Å². The molecule has 4 rings (SSSR count). The van der Waals surface area contributed by atoms with Gasteiger partial charge in [-0.05, 0) is 47.5 Å². The van der Waals surface area contributed by atoms with Gasteiger partial charge in [-0.3, -0.25) is 9.97 Å². The first-order chi connectivity index (χ1) is 12.3. The summed E-state index contributed by atoms with van der Waals surface area (Å²) in [4.78, 5) is 13.7. The minimum atomic E-state index is 0.823. The fourth-order valence-electron chi connectivity index (χ4n) is 2.65. The standard InChI is InChI=1S/C21H14BrN3/c22-17-9-11-24-19(14-17)21-13-16(15-6-2-1-3-7-15)12-20(25-21)18-8-4-5-10-23-18/h1-14H. The Labute approximate surface area is 154 Å². The smallest absolute Gasteiger partial charge is 0.0900 e. The molecule has 0 spiro atoms.